The van der Waals surface area contributed by atoms with Gasteiger partial charge in [0.25, 0.3) is 0 Å². The van der Waals surface area contributed by atoms with E-state index in [2.05, 4.69) is 15.2 Å². The first-order valence-corrected chi connectivity index (χ1v) is 9.45. The molecule has 0 fully saturated rings. The minimum Gasteiger partial charge on any atom is -0.289 e. The van der Waals surface area contributed by atoms with E-state index in [9.17, 15) is 17.6 Å². The Morgan fingerprint density at radius 1 is 1.19 bits per heavy atom. The van der Waals surface area contributed by atoms with Crippen molar-refractivity contribution in [2.75, 3.05) is 0 Å². The van der Waals surface area contributed by atoms with Gasteiger partial charge >= 0.3 is 5.69 Å². The van der Waals surface area contributed by atoms with Crippen LogP contribution in [0.2, 0.25) is 0 Å². The number of fused-ring (bicyclic) bond motifs is 3. The van der Waals surface area contributed by atoms with Gasteiger partial charge in [-0.2, -0.15) is 0 Å². The first-order valence-electron chi connectivity index (χ1n) is 7.91. The molecule has 0 amide bonds. The molecule has 10 heteroatoms. The molecular weight excluding hydrogens is 373 g/mol. The molecule has 0 atom stereocenters. The third-order valence-electron chi connectivity index (χ3n) is 4.31. The SMILES string of the molecule is Cc1ccc2c(c1)nnc1[nH]c(=O)n(Cc3ccc(S(N)(=O)=O)cc3F)c12. The molecule has 0 radical (unpaired) electrons. The molecule has 0 saturated heterocycles. The molecule has 0 unspecified atom stereocenters. The summed E-state index contributed by atoms with van der Waals surface area (Å²) in [6.07, 6.45) is 0. The second-order valence-corrected chi connectivity index (χ2v) is 7.79. The van der Waals surface area contributed by atoms with Gasteiger partial charge in [-0.15, -0.1) is 10.2 Å². The molecule has 4 aromatic rings. The van der Waals surface area contributed by atoms with E-state index in [1.807, 2.05) is 25.1 Å². The maximum Gasteiger partial charge on any atom is 0.328 e. The van der Waals surface area contributed by atoms with E-state index >= 15 is 0 Å². The van der Waals surface area contributed by atoms with Crippen molar-refractivity contribution in [3.8, 4) is 0 Å². The van der Waals surface area contributed by atoms with Crippen LogP contribution in [0.3, 0.4) is 0 Å². The van der Waals surface area contributed by atoms with E-state index in [0.717, 1.165) is 11.6 Å². The standard InChI is InChI=1S/C17H14FN5O3S/c1-9-2-5-12-14(6-9)21-22-16-15(12)23(17(24)20-16)8-10-3-4-11(7-13(10)18)27(19,25)26/h2-7H,8H2,1H3,(H2,19,25,26)(H,20,22,24). The summed E-state index contributed by atoms with van der Waals surface area (Å²) >= 11 is 0. The topological polar surface area (TPSA) is 124 Å². The van der Waals surface area contributed by atoms with E-state index < -0.39 is 21.5 Å². The maximum absolute atomic E-state index is 14.4. The van der Waals surface area contributed by atoms with Gasteiger partial charge < -0.3 is 0 Å². The Balaban J connectivity index is 1.90. The molecule has 2 aromatic carbocycles. The number of imidazole rings is 1. The smallest absolute Gasteiger partial charge is 0.289 e. The summed E-state index contributed by atoms with van der Waals surface area (Å²) in [6.45, 7) is 1.81. The molecule has 2 heterocycles. The van der Waals surface area contributed by atoms with Gasteiger partial charge in [-0.25, -0.2) is 22.7 Å². The number of aromatic nitrogens is 4. The van der Waals surface area contributed by atoms with Crippen molar-refractivity contribution in [3.05, 3.63) is 63.8 Å². The Bertz CT molecular complexity index is 1370. The molecule has 27 heavy (non-hydrogen) atoms. The van der Waals surface area contributed by atoms with E-state index in [1.54, 1.807) is 0 Å². The van der Waals surface area contributed by atoms with Crippen molar-refractivity contribution >= 4 is 32.1 Å². The third kappa shape index (κ3) is 2.98. The molecule has 3 N–H and O–H groups in total. The lowest BCUT2D eigenvalue weighted by atomic mass is 10.1. The van der Waals surface area contributed by atoms with Crippen LogP contribution in [0, 0.1) is 12.7 Å². The lowest BCUT2D eigenvalue weighted by Crippen LogP contribution is -2.18. The Morgan fingerprint density at radius 2 is 1.96 bits per heavy atom. The molecule has 0 spiro atoms. The third-order valence-corrected chi connectivity index (χ3v) is 5.22. The molecule has 138 valence electrons. The fraction of sp³-hybridized carbons (Fsp3) is 0.118. The summed E-state index contributed by atoms with van der Waals surface area (Å²) < 4.78 is 38.4. The van der Waals surface area contributed by atoms with Crippen molar-refractivity contribution in [2.24, 2.45) is 5.14 Å². The number of hydrogen-bond acceptors (Lipinski definition) is 5. The van der Waals surface area contributed by atoms with Crippen LogP contribution in [0.25, 0.3) is 22.1 Å². The number of nitrogens with zero attached hydrogens (tertiary/aromatic N) is 3. The fourth-order valence-corrected chi connectivity index (χ4v) is 3.51. The highest BCUT2D eigenvalue weighted by atomic mass is 32.2. The van der Waals surface area contributed by atoms with Crippen LogP contribution in [0.15, 0.2) is 46.1 Å². The van der Waals surface area contributed by atoms with E-state index in [1.165, 1.54) is 16.7 Å². The van der Waals surface area contributed by atoms with Gasteiger partial charge in [0.05, 0.1) is 17.0 Å². The molecular formula is C17H14FN5O3S. The van der Waals surface area contributed by atoms with Crippen molar-refractivity contribution in [3.63, 3.8) is 0 Å². The molecule has 0 aliphatic heterocycles. The average molecular weight is 387 g/mol. The van der Waals surface area contributed by atoms with E-state index in [0.29, 0.717) is 16.4 Å². The second kappa shape index (κ2) is 5.96. The molecule has 0 bridgehead atoms. The highest BCUT2D eigenvalue weighted by Crippen LogP contribution is 2.22. The van der Waals surface area contributed by atoms with Crippen LogP contribution in [-0.2, 0) is 16.6 Å². The van der Waals surface area contributed by atoms with Gasteiger partial charge in [0.15, 0.2) is 5.65 Å². The summed E-state index contributed by atoms with van der Waals surface area (Å²) in [4.78, 5) is 14.7. The molecule has 0 saturated carbocycles. The highest BCUT2D eigenvalue weighted by Gasteiger charge is 2.16. The van der Waals surface area contributed by atoms with Crippen molar-refractivity contribution < 1.29 is 12.8 Å². The number of hydrogen-bond donors (Lipinski definition) is 2. The predicted molar refractivity (Wildman–Crippen MR) is 97.3 cm³/mol. The van der Waals surface area contributed by atoms with E-state index in [-0.39, 0.29) is 22.7 Å². The Labute approximate surface area is 152 Å². The maximum atomic E-state index is 14.4. The Morgan fingerprint density at radius 3 is 2.67 bits per heavy atom. The van der Waals surface area contributed by atoms with Crippen molar-refractivity contribution in [1.29, 1.82) is 0 Å². The van der Waals surface area contributed by atoms with Gasteiger partial charge in [0.1, 0.15) is 11.3 Å². The minimum atomic E-state index is -4.01. The summed E-state index contributed by atoms with van der Waals surface area (Å²) in [5.41, 5.74) is 2.06. The quantitative estimate of drug-likeness (QED) is 0.550. The van der Waals surface area contributed by atoms with Crippen LogP contribution >= 0.6 is 0 Å². The molecule has 4 rings (SSSR count). The van der Waals surface area contributed by atoms with Crippen LogP contribution in [0.1, 0.15) is 11.1 Å². The monoisotopic (exact) mass is 387 g/mol. The zero-order chi connectivity index (χ0) is 19.3. The number of halogens is 1. The normalized spacial score (nSPS) is 12.1. The minimum absolute atomic E-state index is 0.107. The first kappa shape index (κ1) is 17.3. The number of nitrogens with one attached hydrogen (secondary N) is 1. The lowest BCUT2D eigenvalue weighted by molar-refractivity contribution is 0.583. The van der Waals surface area contributed by atoms with Crippen molar-refractivity contribution in [2.45, 2.75) is 18.4 Å². The number of sulfonamides is 1. The number of H-pyrrole nitrogens is 1. The zero-order valence-corrected chi connectivity index (χ0v) is 14.9. The molecule has 0 aliphatic rings. The molecule has 8 nitrogen and oxygen atoms in total. The zero-order valence-electron chi connectivity index (χ0n) is 14.1. The summed E-state index contributed by atoms with van der Waals surface area (Å²) in [6, 6.07) is 8.88. The number of rotatable bonds is 3. The van der Waals surface area contributed by atoms with Gasteiger partial charge in [0, 0.05) is 10.9 Å². The number of nitrogens with two attached hydrogens (primary N) is 1. The molecule has 2 aromatic heterocycles. The number of primary sulfonamides is 1. The predicted octanol–water partition coefficient (Wildman–Crippen LogP) is 1.42. The average Bonchev–Trinajstić information content (AvgIpc) is 2.91. The van der Waals surface area contributed by atoms with Crippen molar-refractivity contribution in [1.82, 2.24) is 19.7 Å². The van der Waals surface area contributed by atoms with E-state index in [4.69, 9.17) is 5.14 Å². The number of aryl methyl sites for hydroxylation is 1. The molecule has 0 aliphatic carbocycles. The summed E-state index contributed by atoms with van der Waals surface area (Å²) in [7, 11) is -4.01. The Hall–Kier alpha value is -3.11. The van der Waals surface area contributed by atoms with Gasteiger partial charge in [-0.3, -0.25) is 9.55 Å². The summed E-state index contributed by atoms with van der Waals surface area (Å²) in [5, 5.41) is 13.8. The van der Waals surface area contributed by atoms with Gasteiger partial charge in [0.2, 0.25) is 10.0 Å². The van der Waals surface area contributed by atoms with Crippen LogP contribution in [-0.4, -0.2) is 28.2 Å². The van der Waals surface area contributed by atoms with Crippen LogP contribution in [0.4, 0.5) is 4.39 Å². The van der Waals surface area contributed by atoms with Gasteiger partial charge in [-0.05, 0) is 30.7 Å². The first-order chi connectivity index (χ1) is 12.7. The highest BCUT2D eigenvalue weighted by molar-refractivity contribution is 7.89. The fourth-order valence-electron chi connectivity index (χ4n) is 2.99. The largest absolute Gasteiger partial charge is 0.328 e. The van der Waals surface area contributed by atoms with Crippen LogP contribution < -0.4 is 10.8 Å². The van der Waals surface area contributed by atoms with Gasteiger partial charge in [-0.1, -0.05) is 18.2 Å². The lowest BCUT2D eigenvalue weighted by Gasteiger charge is -2.08. The Kier molecular flexibility index (Phi) is 3.82. The summed E-state index contributed by atoms with van der Waals surface area (Å²) in [5.74, 6) is -0.773. The number of benzene rings is 2. The second-order valence-electron chi connectivity index (χ2n) is 6.23. The number of aromatic amines is 1. The van der Waals surface area contributed by atoms with Crippen LogP contribution in [0.5, 0.6) is 0 Å².